The first-order valence-corrected chi connectivity index (χ1v) is 7.32. The second-order valence-electron chi connectivity index (χ2n) is 5.61. The van der Waals surface area contributed by atoms with Gasteiger partial charge in [0.15, 0.2) is 0 Å². The summed E-state index contributed by atoms with van der Waals surface area (Å²) < 4.78 is 9.33. The van der Waals surface area contributed by atoms with E-state index in [1.54, 1.807) is 19.1 Å². The van der Waals surface area contributed by atoms with Crippen LogP contribution in [0.2, 0.25) is 0 Å². The molecule has 6 heteroatoms. The molecule has 0 aliphatic rings. The number of ether oxygens (including phenoxy) is 2. The summed E-state index contributed by atoms with van der Waals surface area (Å²) in [4.78, 5) is 35.7. The van der Waals surface area contributed by atoms with Crippen molar-refractivity contribution in [3.63, 3.8) is 0 Å². The van der Waals surface area contributed by atoms with E-state index in [9.17, 15) is 14.4 Å². The Morgan fingerprint density at radius 1 is 1.04 bits per heavy atom. The van der Waals surface area contributed by atoms with E-state index in [1.807, 2.05) is 19.9 Å². The van der Waals surface area contributed by atoms with Crippen molar-refractivity contribution < 1.29 is 23.9 Å². The minimum absolute atomic E-state index is 0.00336. The largest absolute Gasteiger partial charge is 0.469 e. The number of aryl methyl sites for hydroxylation is 2. The van der Waals surface area contributed by atoms with Gasteiger partial charge in [0.05, 0.1) is 20.6 Å². The van der Waals surface area contributed by atoms with E-state index in [0.29, 0.717) is 5.56 Å². The smallest absolute Gasteiger partial charge is 0.328 e. The zero-order valence-corrected chi connectivity index (χ0v) is 14.1. The van der Waals surface area contributed by atoms with Crippen molar-refractivity contribution in [2.45, 2.75) is 33.2 Å². The molecule has 0 fully saturated rings. The average Bonchev–Trinajstić information content (AvgIpc) is 2.50. The van der Waals surface area contributed by atoms with Gasteiger partial charge in [-0.1, -0.05) is 24.1 Å². The Balaban J connectivity index is 2.94. The number of benzene rings is 1. The standard InChI is InChI=1S/C17H23NO5/c1-10-6-11(2)8-13(7-10)16(20)18-15(17(21)23-5)12(3)9-14(19)22-4/h6-8,12,15H,9H2,1-5H3,(H,18,20)/t12-,15+/m0/s1. The number of methoxy groups -OCH3 is 2. The Hall–Kier alpha value is -2.37. The van der Waals surface area contributed by atoms with Crippen molar-refractivity contribution in [3.8, 4) is 0 Å². The maximum absolute atomic E-state index is 12.4. The summed E-state index contributed by atoms with van der Waals surface area (Å²) in [6.07, 6.45) is 0.00336. The van der Waals surface area contributed by atoms with Crippen molar-refractivity contribution in [2.75, 3.05) is 14.2 Å². The van der Waals surface area contributed by atoms with E-state index < -0.39 is 23.9 Å². The molecule has 1 aromatic carbocycles. The predicted molar refractivity (Wildman–Crippen MR) is 85.0 cm³/mol. The van der Waals surface area contributed by atoms with Gasteiger partial charge in [0.25, 0.3) is 5.91 Å². The molecule has 1 rings (SSSR count). The van der Waals surface area contributed by atoms with Gasteiger partial charge in [-0.05, 0) is 31.9 Å². The van der Waals surface area contributed by atoms with Crippen molar-refractivity contribution in [3.05, 3.63) is 34.9 Å². The van der Waals surface area contributed by atoms with E-state index in [-0.39, 0.29) is 12.3 Å². The summed E-state index contributed by atoms with van der Waals surface area (Å²) in [6, 6.07) is 4.50. The Labute approximate surface area is 136 Å². The summed E-state index contributed by atoms with van der Waals surface area (Å²) in [5.74, 6) is -1.89. The molecule has 1 aromatic rings. The third-order valence-electron chi connectivity index (χ3n) is 3.51. The zero-order valence-electron chi connectivity index (χ0n) is 14.1. The second kappa shape index (κ2) is 8.31. The van der Waals surface area contributed by atoms with Crippen LogP contribution in [0.3, 0.4) is 0 Å². The molecular weight excluding hydrogens is 298 g/mol. The highest BCUT2D eigenvalue weighted by Gasteiger charge is 2.30. The highest BCUT2D eigenvalue weighted by atomic mass is 16.5. The molecular formula is C17H23NO5. The van der Waals surface area contributed by atoms with Crippen LogP contribution >= 0.6 is 0 Å². The van der Waals surface area contributed by atoms with Crippen LogP contribution in [0.1, 0.15) is 34.8 Å². The van der Waals surface area contributed by atoms with Crippen molar-refractivity contribution >= 4 is 17.8 Å². The average molecular weight is 321 g/mol. The molecule has 2 atom stereocenters. The molecule has 1 amide bonds. The van der Waals surface area contributed by atoms with Crippen LogP contribution in [0, 0.1) is 19.8 Å². The van der Waals surface area contributed by atoms with Crippen LogP contribution in [-0.4, -0.2) is 38.1 Å². The highest BCUT2D eigenvalue weighted by Crippen LogP contribution is 2.14. The third kappa shape index (κ3) is 5.39. The fraction of sp³-hybridized carbons (Fsp3) is 0.471. The molecule has 0 saturated heterocycles. The molecule has 1 N–H and O–H groups in total. The number of hydrogen-bond acceptors (Lipinski definition) is 5. The first-order chi connectivity index (χ1) is 10.8. The van der Waals surface area contributed by atoms with Gasteiger partial charge in [0, 0.05) is 5.56 Å². The van der Waals surface area contributed by atoms with Crippen LogP contribution in [0.25, 0.3) is 0 Å². The second-order valence-corrected chi connectivity index (χ2v) is 5.61. The molecule has 0 aliphatic carbocycles. The molecule has 0 aromatic heterocycles. The lowest BCUT2D eigenvalue weighted by Crippen LogP contribution is -2.46. The fourth-order valence-electron chi connectivity index (χ4n) is 2.35. The minimum Gasteiger partial charge on any atom is -0.469 e. The van der Waals surface area contributed by atoms with Gasteiger partial charge in [-0.15, -0.1) is 0 Å². The van der Waals surface area contributed by atoms with Crippen molar-refractivity contribution in [2.24, 2.45) is 5.92 Å². The molecule has 0 unspecified atom stereocenters. The molecule has 23 heavy (non-hydrogen) atoms. The van der Waals surface area contributed by atoms with Crippen molar-refractivity contribution in [1.82, 2.24) is 5.32 Å². The summed E-state index contributed by atoms with van der Waals surface area (Å²) in [7, 11) is 2.51. The number of carbonyl (C=O) groups is 3. The van der Waals surface area contributed by atoms with Gasteiger partial charge in [-0.3, -0.25) is 9.59 Å². The fourth-order valence-corrected chi connectivity index (χ4v) is 2.35. The molecule has 6 nitrogen and oxygen atoms in total. The first-order valence-electron chi connectivity index (χ1n) is 7.32. The third-order valence-corrected chi connectivity index (χ3v) is 3.51. The first kappa shape index (κ1) is 18.7. The molecule has 0 heterocycles. The molecule has 0 saturated carbocycles. The molecule has 0 aliphatic heterocycles. The lowest BCUT2D eigenvalue weighted by Gasteiger charge is -2.22. The monoisotopic (exact) mass is 321 g/mol. The Morgan fingerprint density at radius 3 is 2.09 bits per heavy atom. The Kier molecular flexibility index (Phi) is 6.75. The Morgan fingerprint density at radius 2 is 1.61 bits per heavy atom. The molecule has 0 spiro atoms. The van der Waals surface area contributed by atoms with E-state index in [0.717, 1.165) is 11.1 Å². The number of amides is 1. The van der Waals surface area contributed by atoms with E-state index in [4.69, 9.17) is 4.74 Å². The number of esters is 2. The lowest BCUT2D eigenvalue weighted by atomic mass is 9.97. The van der Waals surface area contributed by atoms with Crippen LogP contribution in [0.15, 0.2) is 18.2 Å². The van der Waals surface area contributed by atoms with Gasteiger partial charge in [0.1, 0.15) is 6.04 Å². The SMILES string of the molecule is COC(=O)C[C@H](C)[C@@H](NC(=O)c1cc(C)cc(C)c1)C(=O)OC. The van der Waals surface area contributed by atoms with Gasteiger partial charge < -0.3 is 14.8 Å². The number of rotatable bonds is 6. The molecule has 126 valence electrons. The van der Waals surface area contributed by atoms with Crippen LogP contribution < -0.4 is 5.32 Å². The molecule has 0 radical (unpaired) electrons. The summed E-state index contributed by atoms with van der Waals surface area (Å²) in [5.41, 5.74) is 2.36. The van der Waals surface area contributed by atoms with E-state index in [2.05, 4.69) is 10.1 Å². The maximum atomic E-state index is 12.4. The topological polar surface area (TPSA) is 81.7 Å². The van der Waals surface area contributed by atoms with Gasteiger partial charge in [-0.25, -0.2) is 4.79 Å². The van der Waals surface area contributed by atoms with Gasteiger partial charge in [0.2, 0.25) is 0 Å². The van der Waals surface area contributed by atoms with Crippen molar-refractivity contribution in [1.29, 1.82) is 0 Å². The van der Waals surface area contributed by atoms with Crippen LogP contribution in [-0.2, 0) is 19.1 Å². The Bertz CT molecular complexity index is 576. The maximum Gasteiger partial charge on any atom is 0.328 e. The van der Waals surface area contributed by atoms with Crippen LogP contribution in [0.5, 0.6) is 0 Å². The number of hydrogen-bond donors (Lipinski definition) is 1. The highest BCUT2D eigenvalue weighted by molar-refractivity contribution is 5.97. The summed E-state index contributed by atoms with van der Waals surface area (Å²) in [5, 5.41) is 2.65. The predicted octanol–water partition coefficient (Wildman–Crippen LogP) is 1.77. The van der Waals surface area contributed by atoms with Gasteiger partial charge >= 0.3 is 11.9 Å². The lowest BCUT2D eigenvalue weighted by molar-refractivity contribution is -0.146. The van der Waals surface area contributed by atoms with E-state index in [1.165, 1.54) is 14.2 Å². The quantitative estimate of drug-likeness (QED) is 0.808. The van der Waals surface area contributed by atoms with E-state index >= 15 is 0 Å². The summed E-state index contributed by atoms with van der Waals surface area (Å²) >= 11 is 0. The van der Waals surface area contributed by atoms with Crippen LogP contribution in [0.4, 0.5) is 0 Å². The minimum atomic E-state index is -0.924. The summed E-state index contributed by atoms with van der Waals surface area (Å²) in [6.45, 7) is 5.46. The number of carbonyl (C=O) groups excluding carboxylic acids is 3. The normalized spacial score (nSPS) is 12.9. The zero-order chi connectivity index (χ0) is 17.6. The van der Waals surface area contributed by atoms with Gasteiger partial charge in [-0.2, -0.15) is 0 Å². The molecule has 0 bridgehead atoms. The number of nitrogens with one attached hydrogen (secondary N) is 1.